The molecule has 1 aromatic carbocycles. The largest absolute Gasteiger partial charge is 0.497 e. The first-order valence-corrected chi connectivity index (χ1v) is 5.97. The van der Waals surface area contributed by atoms with Crippen LogP contribution >= 0.6 is 11.6 Å². The number of carbonyl (C=O) groups excluding carboxylic acids is 1. The number of carbonyl (C=O) groups is 1. The van der Waals surface area contributed by atoms with Gasteiger partial charge in [-0.3, -0.25) is 4.79 Å². The number of hydrogen-bond acceptors (Lipinski definition) is 5. The van der Waals surface area contributed by atoms with Crippen molar-refractivity contribution in [3.8, 4) is 11.4 Å². The van der Waals surface area contributed by atoms with Gasteiger partial charge in [0, 0.05) is 6.07 Å². The fourth-order valence-electron chi connectivity index (χ4n) is 1.58. The molecule has 0 aliphatic heterocycles. The maximum atomic E-state index is 11.9. The lowest BCUT2D eigenvalue weighted by Gasteiger charge is -2.08. The van der Waals surface area contributed by atoms with E-state index in [1.54, 1.807) is 24.3 Å². The summed E-state index contributed by atoms with van der Waals surface area (Å²) in [7, 11) is 2.75. The zero-order valence-electron chi connectivity index (χ0n) is 10.8. The van der Waals surface area contributed by atoms with E-state index in [2.05, 4.69) is 9.84 Å². The number of halogens is 1. The number of hydrogen-bond donors (Lipinski definition) is 0. The number of methoxy groups -OCH3 is 2. The quantitative estimate of drug-likeness (QED) is 0.806. The molecule has 0 aliphatic carbocycles. The van der Waals surface area contributed by atoms with E-state index in [4.69, 9.17) is 16.3 Å². The summed E-state index contributed by atoms with van der Waals surface area (Å²) in [5.74, 6) is -0.0683. The molecular weight excluding hydrogens is 284 g/mol. The molecule has 0 unspecified atom stereocenters. The highest BCUT2D eigenvalue weighted by molar-refractivity contribution is 6.33. The van der Waals surface area contributed by atoms with Gasteiger partial charge in [0.05, 0.1) is 24.9 Å². The molecule has 0 radical (unpaired) electrons. The number of aromatic nitrogens is 2. The van der Waals surface area contributed by atoms with Gasteiger partial charge in [-0.1, -0.05) is 11.6 Å². The second-order valence-electron chi connectivity index (χ2n) is 3.78. The molecule has 1 aromatic heterocycles. The molecule has 2 rings (SSSR count). The van der Waals surface area contributed by atoms with Crippen LogP contribution < -0.4 is 10.3 Å². The Hall–Kier alpha value is -2.34. The summed E-state index contributed by atoms with van der Waals surface area (Å²) in [4.78, 5) is 23.4. The summed E-state index contributed by atoms with van der Waals surface area (Å²) >= 11 is 5.81. The SMILES string of the molecule is COC(=O)c1nn(-c2ccc(OC)cc2)c(=O)cc1Cl. The van der Waals surface area contributed by atoms with Crippen LogP contribution in [0.1, 0.15) is 10.5 Å². The summed E-state index contributed by atoms with van der Waals surface area (Å²) in [6, 6.07) is 7.75. The second kappa shape index (κ2) is 5.75. The van der Waals surface area contributed by atoms with Crippen molar-refractivity contribution in [3.63, 3.8) is 0 Å². The molecule has 1 heterocycles. The average Bonchev–Trinajstić information content (AvgIpc) is 2.47. The Morgan fingerprint density at radius 1 is 1.25 bits per heavy atom. The Balaban J connectivity index is 2.55. The number of benzene rings is 1. The van der Waals surface area contributed by atoms with Crippen molar-refractivity contribution in [1.29, 1.82) is 0 Å². The zero-order chi connectivity index (χ0) is 14.7. The fraction of sp³-hybridized carbons (Fsp3) is 0.154. The number of ether oxygens (including phenoxy) is 2. The monoisotopic (exact) mass is 294 g/mol. The molecule has 0 saturated heterocycles. The van der Waals surface area contributed by atoms with E-state index in [9.17, 15) is 9.59 Å². The lowest BCUT2D eigenvalue weighted by atomic mass is 10.3. The predicted molar refractivity (Wildman–Crippen MR) is 72.7 cm³/mol. The Bertz CT molecular complexity index is 695. The molecule has 0 atom stereocenters. The Labute approximate surface area is 119 Å². The lowest BCUT2D eigenvalue weighted by Crippen LogP contribution is -2.23. The van der Waals surface area contributed by atoms with Gasteiger partial charge in [-0.05, 0) is 24.3 Å². The smallest absolute Gasteiger partial charge is 0.360 e. The third-order valence-electron chi connectivity index (χ3n) is 2.58. The second-order valence-corrected chi connectivity index (χ2v) is 4.19. The summed E-state index contributed by atoms with van der Waals surface area (Å²) in [5, 5.41) is 3.88. The molecule has 0 saturated carbocycles. The van der Waals surface area contributed by atoms with Crippen LogP contribution in [0.15, 0.2) is 35.1 Å². The molecule has 6 nitrogen and oxygen atoms in total. The third-order valence-corrected chi connectivity index (χ3v) is 2.87. The molecule has 20 heavy (non-hydrogen) atoms. The third kappa shape index (κ3) is 2.65. The molecule has 0 fully saturated rings. The van der Waals surface area contributed by atoms with Crippen LogP contribution in [0.3, 0.4) is 0 Å². The predicted octanol–water partition coefficient (Wildman–Crippen LogP) is 1.68. The number of nitrogens with zero attached hydrogens (tertiary/aromatic N) is 2. The van der Waals surface area contributed by atoms with Crippen molar-refractivity contribution in [2.45, 2.75) is 0 Å². The van der Waals surface area contributed by atoms with E-state index in [1.807, 2.05) is 0 Å². The van der Waals surface area contributed by atoms with Crippen LogP contribution in [-0.2, 0) is 4.74 Å². The first kappa shape index (κ1) is 14.1. The Kier molecular flexibility index (Phi) is 4.05. The number of rotatable bonds is 3. The molecule has 0 N–H and O–H groups in total. The minimum atomic E-state index is -0.711. The van der Waals surface area contributed by atoms with Gasteiger partial charge < -0.3 is 9.47 Å². The first-order valence-electron chi connectivity index (χ1n) is 5.59. The normalized spacial score (nSPS) is 10.2. The molecule has 7 heteroatoms. The van der Waals surface area contributed by atoms with Crippen LogP contribution in [0.4, 0.5) is 0 Å². The molecule has 0 amide bonds. The molecule has 0 bridgehead atoms. The molecule has 0 spiro atoms. The van der Waals surface area contributed by atoms with E-state index < -0.39 is 11.5 Å². The maximum absolute atomic E-state index is 11.9. The van der Waals surface area contributed by atoms with Crippen LogP contribution in [0, 0.1) is 0 Å². The summed E-state index contributed by atoms with van der Waals surface area (Å²) in [6.45, 7) is 0. The molecule has 0 aliphatic rings. The fourth-order valence-corrected chi connectivity index (χ4v) is 1.79. The first-order chi connectivity index (χ1) is 9.56. The van der Waals surface area contributed by atoms with Crippen LogP contribution in [0.5, 0.6) is 5.75 Å². The van der Waals surface area contributed by atoms with Crippen LogP contribution in [-0.4, -0.2) is 30.0 Å². The molecule has 104 valence electrons. The van der Waals surface area contributed by atoms with Gasteiger partial charge in [0.2, 0.25) is 0 Å². The van der Waals surface area contributed by atoms with E-state index in [1.165, 1.54) is 14.2 Å². The minimum absolute atomic E-state index is 0.0494. The van der Waals surface area contributed by atoms with Crippen molar-refractivity contribution in [2.75, 3.05) is 14.2 Å². The van der Waals surface area contributed by atoms with Gasteiger partial charge in [-0.15, -0.1) is 0 Å². The highest BCUT2D eigenvalue weighted by atomic mass is 35.5. The minimum Gasteiger partial charge on any atom is -0.497 e. The van der Waals surface area contributed by atoms with Gasteiger partial charge >= 0.3 is 5.97 Å². The van der Waals surface area contributed by atoms with Crippen molar-refractivity contribution in [1.82, 2.24) is 9.78 Å². The highest BCUT2D eigenvalue weighted by Crippen LogP contribution is 2.15. The van der Waals surface area contributed by atoms with Crippen molar-refractivity contribution >= 4 is 17.6 Å². The van der Waals surface area contributed by atoms with Gasteiger partial charge in [-0.2, -0.15) is 9.78 Å². The van der Waals surface area contributed by atoms with Crippen molar-refractivity contribution in [2.24, 2.45) is 0 Å². The van der Waals surface area contributed by atoms with E-state index >= 15 is 0 Å². The Morgan fingerprint density at radius 2 is 1.90 bits per heavy atom. The zero-order valence-corrected chi connectivity index (χ0v) is 11.5. The molecule has 2 aromatic rings. The van der Waals surface area contributed by atoms with E-state index in [0.29, 0.717) is 11.4 Å². The van der Waals surface area contributed by atoms with Crippen molar-refractivity contribution < 1.29 is 14.3 Å². The van der Waals surface area contributed by atoms with Crippen molar-refractivity contribution in [3.05, 3.63) is 51.4 Å². The van der Waals surface area contributed by atoms with Gasteiger partial charge in [-0.25, -0.2) is 4.79 Å². The standard InChI is InChI=1S/C13H11ClN2O4/c1-19-9-5-3-8(4-6-9)16-11(17)7-10(14)12(15-16)13(18)20-2/h3-7H,1-2H3. The van der Waals surface area contributed by atoms with Crippen LogP contribution in [0.25, 0.3) is 5.69 Å². The maximum Gasteiger partial charge on any atom is 0.360 e. The van der Waals surface area contributed by atoms with Gasteiger partial charge in [0.25, 0.3) is 5.56 Å². The average molecular weight is 295 g/mol. The van der Waals surface area contributed by atoms with Crippen LogP contribution in [0.2, 0.25) is 5.02 Å². The summed E-state index contributed by atoms with van der Waals surface area (Å²) in [6.07, 6.45) is 0. The topological polar surface area (TPSA) is 70.4 Å². The van der Waals surface area contributed by atoms with Gasteiger partial charge in [0.15, 0.2) is 5.69 Å². The summed E-state index contributed by atoms with van der Waals surface area (Å²) in [5.41, 5.74) is -0.0879. The lowest BCUT2D eigenvalue weighted by molar-refractivity contribution is 0.0592. The van der Waals surface area contributed by atoms with E-state index in [0.717, 1.165) is 10.7 Å². The highest BCUT2D eigenvalue weighted by Gasteiger charge is 2.16. The van der Waals surface area contributed by atoms with E-state index in [-0.39, 0.29) is 10.7 Å². The molecular formula is C13H11ClN2O4. The van der Waals surface area contributed by atoms with Gasteiger partial charge in [0.1, 0.15) is 5.75 Å². The number of esters is 1. The Morgan fingerprint density at radius 3 is 2.45 bits per heavy atom. The summed E-state index contributed by atoms with van der Waals surface area (Å²) < 4.78 is 10.7.